The van der Waals surface area contributed by atoms with Crippen LogP contribution in [0.4, 0.5) is 0 Å². The molecule has 2 saturated heterocycles. The molecule has 6 nitrogen and oxygen atoms in total. The second-order valence-corrected chi connectivity index (χ2v) is 7.91. The Labute approximate surface area is 148 Å². The fraction of sp³-hybridized carbons (Fsp3) is 0.765. The lowest BCUT2D eigenvalue weighted by molar-refractivity contribution is -0.0453. The summed E-state index contributed by atoms with van der Waals surface area (Å²) in [5, 5.41) is 7.94. The molecule has 2 aliphatic rings. The molecule has 3 heterocycles. The first-order chi connectivity index (χ1) is 11.7. The van der Waals surface area contributed by atoms with Crippen LogP contribution in [0.5, 0.6) is 0 Å². The van der Waals surface area contributed by atoms with Crippen LogP contribution in [0.2, 0.25) is 0 Å². The summed E-state index contributed by atoms with van der Waals surface area (Å²) < 4.78 is 5.98. The third-order valence-corrected chi connectivity index (χ3v) is 6.02. The van der Waals surface area contributed by atoms with Crippen molar-refractivity contribution in [1.29, 1.82) is 0 Å². The van der Waals surface area contributed by atoms with Gasteiger partial charge >= 0.3 is 0 Å². The number of fused-ring (bicyclic) bond motifs is 1. The van der Waals surface area contributed by atoms with Crippen molar-refractivity contribution in [2.75, 3.05) is 39.8 Å². The zero-order valence-electron chi connectivity index (χ0n) is 15.0. The van der Waals surface area contributed by atoms with Gasteiger partial charge in [0.2, 0.25) is 0 Å². The first-order valence-corrected chi connectivity index (χ1v) is 9.70. The van der Waals surface area contributed by atoms with Crippen molar-refractivity contribution < 1.29 is 4.74 Å². The molecule has 134 valence electrons. The fourth-order valence-corrected chi connectivity index (χ4v) is 4.31. The summed E-state index contributed by atoms with van der Waals surface area (Å²) in [5.74, 6) is 0.840. The molecule has 3 rings (SSSR count). The van der Waals surface area contributed by atoms with Gasteiger partial charge in [-0.3, -0.25) is 9.89 Å². The van der Waals surface area contributed by atoms with Crippen molar-refractivity contribution in [2.45, 2.75) is 45.3 Å². The molecular formula is C17H29N5OS. The average Bonchev–Trinajstić information content (AvgIpc) is 3.16. The lowest BCUT2D eigenvalue weighted by atomic mass is 10.2. The van der Waals surface area contributed by atoms with Gasteiger partial charge in [-0.05, 0) is 33.2 Å². The first-order valence-electron chi connectivity index (χ1n) is 8.88. The fourth-order valence-electron chi connectivity index (χ4n) is 3.37. The highest BCUT2D eigenvalue weighted by Crippen LogP contribution is 2.22. The monoisotopic (exact) mass is 351 g/mol. The molecule has 2 unspecified atom stereocenters. The Morgan fingerprint density at radius 2 is 2.29 bits per heavy atom. The molecule has 0 saturated carbocycles. The van der Waals surface area contributed by atoms with Gasteiger partial charge in [0, 0.05) is 44.0 Å². The van der Waals surface area contributed by atoms with Crippen LogP contribution < -0.4 is 10.6 Å². The SMILES string of the molecule is CN=C(NCCc1nc(C)c(C)s1)NCC1CN2CCCC2CO1. The number of nitrogens with zero attached hydrogens (tertiary/aromatic N) is 3. The molecule has 0 aromatic carbocycles. The molecule has 0 radical (unpaired) electrons. The van der Waals surface area contributed by atoms with Crippen LogP contribution in [0.25, 0.3) is 0 Å². The maximum atomic E-state index is 5.98. The van der Waals surface area contributed by atoms with Crippen LogP contribution in [0, 0.1) is 13.8 Å². The highest BCUT2D eigenvalue weighted by Gasteiger charge is 2.32. The molecule has 0 aliphatic carbocycles. The minimum Gasteiger partial charge on any atom is -0.373 e. The summed E-state index contributed by atoms with van der Waals surface area (Å²) in [5.41, 5.74) is 1.15. The van der Waals surface area contributed by atoms with Gasteiger partial charge in [0.15, 0.2) is 5.96 Å². The lowest BCUT2D eigenvalue weighted by Crippen LogP contribution is -2.51. The van der Waals surface area contributed by atoms with E-state index in [1.54, 1.807) is 11.3 Å². The average molecular weight is 352 g/mol. The molecule has 2 N–H and O–H groups in total. The van der Waals surface area contributed by atoms with E-state index < -0.39 is 0 Å². The zero-order chi connectivity index (χ0) is 16.9. The highest BCUT2D eigenvalue weighted by molar-refractivity contribution is 7.11. The molecule has 1 aromatic heterocycles. The van der Waals surface area contributed by atoms with E-state index in [0.29, 0.717) is 6.04 Å². The summed E-state index contributed by atoms with van der Waals surface area (Å²) in [7, 11) is 1.81. The third-order valence-electron chi connectivity index (χ3n) is 4.89. The molecule has 7 heteroatoms. The molecule has 0 spiro atoms. The van der Waals surface area contributed by atoms with Gasteiger partial charge in [0.25, 0.3) is 0 Å². The number of thiazole rings is 1. The Morgan fingerprint density at radius 1 is 1.42 bits per heavy atom. The van der Waals surface area contributed by atoms with E-state index in [0.717, 1.165) is 44.3 Å². The standard InChI is InChI=1S/C17H29N5OS/c1-12-13(2)24-16(21-12)6-7-19-17(18-3)20-9-15-10-22-8-4-5-14(22)11-23-15/h14-15H,4-11H2,1-3H3,(H2,18,19,20). The van der Waals surface area contributed by atoms with Gasteiger partial charge < -0.3 is 15.4 Å². The van der Waals surface area contributed by atoms with Crippen LogP contribution in [-0.4, -0.2) is 67.8 Å². The minimum atomic E-state index is 0.252. The maximum absolute atomic E-state index is 5.98. The van der Waals surface area contributed by atoms with E-state index in [2.05, 4.69) is 39.4 Å². The molecule has 1 aromatic rings. The summed E-state index contributed by atoms with van der Waals surface area (Å²) in [6.45, 7) is 8.97. The van der Waals surface area contributed by atoms with Gasteiger partial charge in [0.1, 0.15) is 0 Å². The van der Waals surface area contributed by atoms with E-state index in [1.165, 1.54) is 29.3 Å². The maximum Gasteiger partial charge on any atom is 0.191 e. The number of rotatable bonds is 5. The summed E-state index contributed by atoms with van der Waals surface area (Å²) >= 11 is 1.78. The Bertz CT molecular complexity index is 554. The Kier molecular flexibility index (Phi) is 6.08. The smallest absolute Gasteiger partial charge is 0.191 e. The predicted octanol–water partition coefficient (Wildman–Crippen LogP) is 1.33. The van der Waals surface area contributed by atoms with Crippen molar-refractivity contribution in [1.82, 2.24) is 20.5 Å². The quantitative estimate of drug-likeness (QED) is 0.619. The second kappa shape index (κ2) is 8.27. The number of aryl methyl sites for hydroxylation is 2. The number of nitrogens with one attached hydrogen (secondary N) is 2. The topological polar surface area (TPSA) is 61.8 Å². The molecule has 0 bridgehead atoms. The molecule has 2 aliphatic heterocycles. The minimum absolute atomic E-state index is 0.252. The van der Waals surface area contributed by atoms with Gasteiger partial charge in [-0.25, -0.2) is 4.98 Å². The predicted molar refractivity (Wildman–Crippen MR) is 99.0 cm³/mol. The van der Waals surface area contributed by atoms with Gasteiger partial charge in [-0.2, -0.15) is 0 Å². The number of morpholine rings is 1. The van der Waals surface area contributed by atoms with Crippen molar-refractivity contribution in [3.8, 4) is 0 Å². The Balaban J connectivity index is 1.37. The number of guanidine groups is 1. The van der Waals surface area contributed by atoms with Crippen LogP contribution in [-0.2, 0) is 11.2 Å². The summed E-state index contributed by atoms with van der Waals surface area (Å²) in [6, 6.07) is 0.656. The molecule has 2 fully saturated rings. The van der Waals surface area contributed by atoms with E-state index in [9.17, 15) is 0 Å². The Hall–Kier alpha value is -1.18. The van der Waals surface area contributed by atoms with Crippen molar-refractivity contribution in [2.24, 2.45) is 4.99 Å². The van der Waals surface area contributed by atoms with E-state index in [4.69, 9.17) is 4.74 Å². The highest BCUT2D eigenvalue weighted by atomic mass is 32.1. The second-order valence-electron chi connectivity index (χ2n) is 6.63. The van der Waals surface area contributed by atoms with Gasteiger partial charge in [-0.15, -0.1) is 11.3 Å². The molecule has 2 atom stereocenters. The van der Waals surface area contributed by atoms with E-state index in [1.807, 2.05) is 7.05 Å². The van der Waals surface area contributed by atoms with Crippen molar-refractivity contribution in [3.63, 3.8) is 0 Å². The largest absolute Gasteiger partial charge is 0.373 e. The van der Waals surface area contributed by atoms with Crippen LogP contribution in [0.15, 0.2) is 4.99 Å². The number of aromatic nitrogens is 1. The van der Waals surface area contributed by atoms with Crippen LogP contribution >= 0.6 is 11.3 Å². The number of hydrogen-bond acceptors (Lipinski definition) is 5. The van der Waals surface area contributed by atoms with Gasteiger partial charge in [0.05, 0.1) is 23.4 Å². The molecule has 0 amide bonds. The summed E-state index contributed by atoms with van der Waals surface area (Å²) in [6.07, 6.45) is 3.78. The normalized spacial score (nSPS) is 24.9. The zero-order valence-corrected chi connectivity index (χ0v) is 15.8. The molecular weight excluding hydrogens is 322 g/mol. The molecule has 24 heavy (non-hydrogen) atoms. The van der Waals surface area contributed by atoms with Crippen molar-refractivity contribution in [3.05, 3.63) is 15.6 Å². The lowest BCUT2D eigenvalue weighted by Gasteiger charge is -2.35. The van der Waals surface area contributed by atoms with Crippen LogP contribution in [0.1, 0.15) is 28.4 Å². The third kappa shape index (κ3) is 4.46. The van der Waals surface area contributed by atoms with Crippen LogP contribution in [0.3, 0.4) is 0 Å². The van der Waals surface area contributed by atoms with E-state index in [-0.39, 0.29) is 6.10 Å². The number of aliphatic imine (C=N–C) groups is 1. The van der Waals surface area contributed by atoms with Gasteiger partial charge in [-0.1, -0.05) is 0 Å². The van der Waals surface area contributed by atoms with E-state index >= 15 is 0 Å². The first kappa shape index (κ1) is 17.6. The number of ether oxygens (including phenoxy) is 1. The van der Waals surface area contributed by atoms with Crippen molar-refractivity contribution >= 4 is 17.3 Å². The summed E-state index contributed by atoms with van der Waals surface area (Å²) in [4.78, 5) is 12.8. The Morgan fingerprint density at radius 3 is 3.04 bits per heavy atom. The number of hydrogen-bond donors (Lipinski definition) is 2.